The van der Waals surface area contributed by atoms with E-state index >= 15 is 0 Å². The number of fused-ring (bicyclic) bond motifs is 1. The molecule has 0 bridgehead atoms. The molecule has 0 saturated carbocycles. The molecule has 2 unspecified atom stereocenters. The third kappa shape index (κ3) is 2.84. The summed E-state index contributed by atoms with van der Waals surface area (Å²) in [6.45, 7) is 1.88. The van der Waals surface area contributed by atoms with Gasteiger partial charge >= 0.3 is 0 Å². The molecule has 3 rings (SSSR count). The molecule has 0 spiro atoms. The Balaban J connectivity index is 1.83. The predicted molar refractivity (Wildman–Crippen MR) is 80.0 cm³/mol. The van der Waals surface area contributed by atoms with E-state index in [1.54, 1.807) is 12.1 Å². The molecule has 0 amide bonds. The summed E-state index contributed by atoms with van der Waals surface area (Å²) in [5.41, 5.74) is 3.03. The second kappa shape index (κ2) is 5.94. The lowest BCUT2D eigenvalue weighted by atomic mass is 9.87. The number of rotatable bonds is 3. The number of hydrogen-bond donors (Lipinski definition) is 1. The van der Waals surface area contributed by atoms with Crippen LogP contribution in [-0.4, -0.2) is 0 Å². The van der Waals surface area contributed by atoms with Gasteiger partial charge in [0.25, 0.3) is 0 Å². The molecule has 1 N–H and O–H groups in total. The minimum atomic E-state index is -0.787. The standard InChI is InChI=1S/C18H19F2N/c1-12(14-9-5-10-16(19)18(14)20)21-17-11-4-7-13-6-2-3-8-15(13)17/h2-3,5-6,8-10,12,17,21H,4,7,11H2,1H3. The van der Waals surface area contributed by atoms with Gasteiger partial charge in [-0.1, -0.05) is 36.4 Å². The van der Waals surface area contributed by atoms with Crippen LogP contribution < -0.4 is 5.32 Å². The van der Waals surface area contributed by atoms with E-state index in [4.69, 9.17) is 0 Å². The molecule has 3 heteroatoms. The first-order valence-corrected chi connectivity index (χ1v) is 7.44. The minimum Gasteiger partial charge on any atom is -0.303 e. The Bertz CT molecular complexity index is 639. The van der Waals surface area contributed by atoms with Crippen molar-refractivity contribution in [3.05, 3.63) is 70.8 Å². The van der Waals surface area contributed by atoms with Gasteiger partial charge in [-0.05, 0) is 43.4 Å². The van der Waals surface area contributed by atoms with Crippen molar-refractivity contribution in [2.45, 2.75) is 38.3 Å². The first kappa shape index (κ1) is 14.2. The zero-order chi connectivity index (χ0) is 14.8. The van der Waals surface area contributed by atoms with Crippen LogP contribution in [0, 0.1) is 11.6 Å². The number of hydrogen-bond acceptors (Lipinski definition) is 1. The van der Waals surface area contributed by atoms with Crippen LogP contribution in [0.15, 0.2) is 42.5 Å². The number of halogens is 2. The van der Waals surface area contributed by atoms with E-state index in [9.17, 15) is 8.78 Å². The molecular formula is C18H19F2N. The molecule has 0 heterocycles. The maximum Gasteiger partial charge on any atom is 0.163 e. The molecule has 2 aromatic carbocycles. The fourth-order valence-electron chi connectivity index (χ4n) is 3.17. The van der Waals surface area contributed by atoms with Gasteiger partial charge in [0.05, 0.1) is 0 Å². The maximum absolute atomic E-state index is 13.9. The Kier molecular flexibility index (Phi) is 4.02. The van der Waals surface area contributed by atoms with E-state index in [1.807, 2.05) is 13.0 Å². The Labute approximate surface area is 124 Å². The molecule has 110 valence electrons. The third-order valence-electron chi connectivity index (χ3n) is 4.27. The summed E-state index contributed by atoms with van der Waals surface area (Å²) in [6.07, 6.45) is 3.24. The van der Waals surface area contributed by atoms with E-state index in [2.05, 4.69) is 23.5 Å². The van der Waals surface area contributed by atoms with Gasteiger partial charge in [0, 0.05) is 17.6 Å². The van der Waals surface area contributed by atoms with Crippen molar-refractivity contribution in [3.63, 3.8) is 0 Å². The first-order valence-electron chi connectivity index (χ1n) is 7.44. The van der Waals surface area contributed by atoms with Gasteiger partial charge in [-0.15, -0.1) is 0 Å². The van der Waals surface area contributed by atoms with Crippen molar-refractivity contribution < 1.29 is 8.78 Å². The third-order valence-corrected chi connectivity index (χ3v) is 4.27. The summed E-state index contributed by atoms with van der Waals surface area (Å²) in [6, 6.07) is 12.7. The zero-order valence-corrected chi connectivity index (χ0v) is 12.1. The van der Waals surface area contributed by atoms with E-state index in [1.165, 1.54) is 11.1 Å². The quantitative estimate of drug-likeness (QED) is 0.863. The lowest BCUT2D eigenvalue weighted by molar-refractivity contribution is 0.400. The van der Waals surface area contributed by atoms with Gasteiger partial charge in [-0.25, -0.2) is 8.78 Å². The van der Waals surface area contributed by atoms with Crippen LogP contribution in [-0.2, 0) is 6.42 Å². The van der Waals surface area contributed by atoms with E-state index in [0.29, 0.717) is 5.56 Å². The molecule has 21 heavy (non-hydrogen) atoms. The molecular weight excluding hydrogens is 268 g/mol. The highest BCUT2D eigenvalue weighted by molar-refractivity contribution is 5.32. The number of nitrogens with one attached hydrogen (secondary N) is 1. The fourth-order valence-corrected chi connectivity index (χ4v) is 3.17. The van der Waals surface area contributed by atoms with Crippen molar-refractivity contribution in [1.29, 1.82) is 0 Å². The van der Waals surface area contributed by atoms with Crippen molar-refractivity contribution in [2.24, 2.45) is 0 Å². The highest BCUT2D eigenvalue weighted by Gasteiger charge is 2.23. The summed E-state index contributed by atoms with van der Waals surface area (Å²) in [5.74, 6) is -1.54. The summed E-state index contributed by atoms with van der Waals surface area (Å²) in [5, 5.41) is 3.45. The molecule has 1 aliphatic rings. The largest absolute Gasteiger partial charge is 0.303 e. The summed E-state index contributed by atoms with van der Waals surface area (Å²) in [7, 11) is 0. The van der Waals surface area contributed by atoms with Gasteiger partial charge in [0.15, 0.2) is 11.6 Å². The maximum atomic E-state index is 13.9. The smallest absolute Gasteiger partial charge is 0.163 e. The highest BCUT2D eigenvalue weighted by atomic mass is 19.2. The highest BCUT2D eigenvalue weighted by Crippen LogP contribution is 2.32. The molecule has 0 aromatic heterocycles. The Morgan fingerprint density at radius 1 is 1.10 bits per heavy atom. The Hall–Kier alpha value is -1.74. The average Bonchev–Trinajstić information content (AvgIpc) is 2.50. The molecule has 0 radical (unpaired) electrons. The predicted octanol–water partition coefficient (Wildman–Crippen LogP) is 4.69. The molecule has 2 atom stereocenters. The number of aryl methyl sites for hydroxylation is 1. The first-order chi connectivity index (χ1) is 10.2. The van der Waals surface area contributed by atoms with Crippen LogP contribution in [0.1, 0.15) is 48.5 Å². The molecule has 0 aliphatic heterocycles. The van der Waals surface area contributed by atoms with Gasteiger partial charge in [0.2, 0.25) is 0 Å². The molecule has 1 nitrogen and oxygen atoms in total. The average molecular weight is 287 g/mol. The minimum absolute atomic E-state index is 0.201. The van der Waals surface area contributed by atoms with Gasteiger partial charge in [-0.2, -0.15) is 0 Å². The molecule has 0 fully saturated rings. The summed E-state index contributed by atoms with van der Waals surface area (Å²) < 4.78 is 27.2. The lowest BCUT2D eigenvalue weighted by Crippen LogP contribution is -2.28. The SMILES string of the molecule is CC(NC1CCCc2ccccc21)c1cccc(F)c1F. The summed E-state index contributed by atoms with van der Waals surface area (Å²) in [4.78, 5) is 0. The normalized spacial score (nSPS) is 19.1. The van der Waals surface area contributed by atoms with Crippen LogP contribution >= 0.6 is 0 Å². The van der Waals surface area contributed by atoms with Crippen molar-refractivity contribution in [2.75, 3.05) is 0 Å². The van der Waals surface area contributed by atoms with Gasteiger partial charge < -0.3 is 5.32 Å². The molecule has 2 aromatic rings. The van der Waals surface area contributed by atoms with Gasteiger partial charge in [0.1, 0.15) is 0 Å². The van der Waals surface area contributed by atoms with Crippen LogP contribution in [0.2, 0.25) is 0 Å². The summed E-state index contributed by atoms with van der Waals surface area (Å²) >= 11 is 0. The molecule has 1 aliphatic carbocycles. The van der Waals surface area contributed by atoms with E-state index in [0.717, 1.165) is 25.3 Å². The number of benzene rings is 2. The lowest BCUT2D eigenvalue weighted by Gasteiger charge is -2.29. The zero-order valence-electron chi connectivity index (χ0n) is 12.1. The Morgan fingerprint density at radius 2 is 1.90 bits per heavy atom. The fraction of sp³-hybridized carbons (Fsp3) is 0.333. The van der Waals surface area contributed by atoms with Gasteiger partial charge in [-0.3, -0.25) is 0 Å². The topological polar surface area (TPSA) is 12.0 Å². The Morgan fingerprint density at radius 3 is 2.76 bits per heavy atom. The van der Waals surface area contributed by atoms with E-state index < -0.39 is 11.6 Å². The second-order valence-corrected chi connectivity index (χ2v) is 5.68. The van der Waals surface area contributed by atoms with Crippen LogP contribution in [0.3, 0.4) is 0 Å². The van der Waals surface area contributed by atoms with Crippen molar-refractivity contribution >= 4 is 0 Å². The second-order valence-electron chi connectivity index (χ2n) is 5.68. The van der Waals surface area contributed by atoms with Crippen molar-refractivity contribution in [1.82, 2.24) is 5.32 Å². The van der Waals surface area contributed by atoms with Crippen LogP contribution in [0.5, 0.6) is 0 Å². The monoisotopic (exact) mass is 287 g/mol. The van der Waals surface area contributed by atoms with Crippen LogP contribution in [0.4, 0.5) is 8.78 Å². The molecule has 0 saturated heterocycles. The van der Waals surface area contributed by atoms with E-state index in [-0.39, 0.29) is 12.1 Å². The van der Waals surface area contributed by atoms with Crippen molar-refractivity contribution in [3.8, 4) is 0 Å². The van der Waals surface area contributed by atoms with Crippen LogP contribution in [0.25, 0.3) is 0 Å².